The van der Waals surface area contributed by atoms with Gasteiger partial charge in [0.15, 0.2) is 6.10 Å². The number of aliphatic hydroxyl groups is 1. The lowest BCUT2D eigenvalue weighted by atomic mass is 9.68. The number of amides is 1. The Labute approximate surface area is 198 Å². The zero-order valence-electron chi connectivity index (χ0n) is 19.5. The van der Waals surface area contributed by atoms with Crippen molar-refractivity contribution in [3.8, 4) is 0 Å². The number of nitrogens with zero attached hydrogens (tertiary/aromatic N) is 1. The zero-order valence-corrected chi connectivity index (χ0v) is 19.5. The molecule has 0 aliphatic heterocycles. The van der Waals surface area contributed by atoms with Crippen LogP contribution >= 0.6 is 0 Å². The van der Waals surface area contributed by atoms with E-state index in [1.165, 1.54) is 0 Å². The average Bonchev–Trinajstić information content (AvgIpc) is 3.13. The first-order valence-electron chi connectivity index (χ1n) is 11.3. The number of ether oxygens (including phenoxy) is 1. The largest absolute Gasteiger partial charge is 0.444 e. The Bertz CT molecular complexity index is 972. The van der Waals surface area contributed by atoms with Crippen molar-refractivity contribution < 1.29 is 45.8 Å². The number of hydrogen-bond acceptors (Lipinski definition) is 5. The Kier molecular flexibility index (Phi) is 7.20. The number of carbonyl (C=O) groups is 2. The Morgan fingerprint density at radius 1 is 1.17 bits per heavy atom. The smallest absolute Gasteiger partial charge is 0.417 e. The van der Waals surface area contributed by atoms with Crippen molar-refractivity contribution in [2.45, 2.75) is 89.4 Å². The molecular weight excluding hydrogens is 482 g/mol. The number of Topliss-reactive ketones (excluding diaryl/α,β-unsaturated/α-hetero) is 1. The highest BCUT2D eigenvalue weighted by Crippen LogP contribution is 2.50. The van der Waals surface area contributed by atoms with Crippen LogP contribution in [0.25, 0.3) is 0 Å². The fourth-order valence-corrected chi connectivity index (χ4v) is 5.00. The first-order chi connectivity index (χ1) is 15.9. The molecule has 3 rings (SSSR count). The van der Waals surface area contributed by atoms with E-state index in [-0.39, 0.29) is 37.7 Å². The molecule has 6 nitrogen and oxygen atoms in total. The molecule has 4 atom stereocenters. The number of hydrogen-bond donors (Lipinski definition) is 2. The molecule has 2 aliphatic rings. The molecule has 1 heterocycles. The molecule has 1 aromatic heterocycles. The van der Waals surface area contributed by atoms with Crippen molar-refractivity contribution in [2.24, 2.45) is 11.3 Å². The predicted octanol–water partition coefficient (Wildman–Crippen LogP) is 4.76. The summed E-state index contributed by atoms with van der Waals surface area (Å²) in [7, 11) is 0. The summed E-state index contributed by atoms with van der Waals surface area (Å²) in [4.78, 5) is 29.4. The summed E-state index contributed by atoms with van der Waals surface area (Å²) in [5.74, 6) is -1.89. The number of nitrogens with one attached hydrogen (secondary N) is 1. The van der Waals surface area contributed by atoms with Gasteiger partial charge in [0.1, 0.15) is 11.4 Å². The van der Waals surface area contributed by atoms with E-state index >= 15 is 0 Å². The second-order valence-electron chi connectivity index (χ2n) is 10.3. The number of halogens is 6. The zero-order chi connectivity index (χ0) is 26.4. The van der Waals surface area contributed by atoms with Crippen molar-refractivity contribution >= 4 is 11.9 Å². The third-order valence-corrected chi connectivity index (χ3v) is 6.55. The van der Waals surface area contributed by atoms with Crippen molar-refractivity contribution in [1.29, 1.82) is 0 Å². The van der Waals surface area contributed by atoms with Gasteiger partial charge in [-0.3, -0.25) is 9.78 Å². The Morgan fingerprint density at radius 2 is 1.83 bits per heavy atom. The number of alkyl carbamates (subject to hydrolysis) is 1. The number of aromatic nitrogens is 1. The summed E-state index contributed by atoms with van der Waals surface area (Å²) in [6.45, 7) is 4.84. The van der Waals surface area contributed by atoms with Gasteiger partial charge in [-0.25, -0.2) is 4.79 Å². The van der Waals surface area contributed by atoms with Crippen LogP contribution in [0.2, 0.25) is 0 Å². The molecule has 1 fully saturated rings. The SMILES string of the molecule is CC(C)(C)OC(=O)N[C@@H]1CC[C@@](C(=O)C2CCc3ncc(C(F)(F)F)cc3C2)(C(O)C(F)(F)F)C1. The Hall–Kier alpha value is -2.37. The minimum Gasteiger partial charge on any atom is -0.444 e. The molecule has 0 spiro atoms. The summed E-state index contributed by atoms with van der Waals surface area (Å²) in [6.07, 6.45) is -13.7. The van der Waals surface area contributed by atoms with E-state index in [9.17, 15) is 41.0 Å². The Morgan fingerprint density at radius 3 is 2.40 bits per heavy atom. The van der Waals surface area contributed by atoms with Gasteiger partial charge in [-0.1, -0.05) is 0 Å². The second kappa shape index (κ2) is 9.25. The molecule has 2 aliphatic carbocycles. The van der Waals surface area contributed by atoms with Crippen molar-refractivity contribution in [3.63, 3.8) is 0 Å². The molecule has 35 heavy (non-hydrogen) atoms. The van der Waals surface area contributed by atoms with Gasteiger partial charge in [-0.15, -0.1) is 0 Å². The molecule has 1 saturated carbocycles. The van der Waals surface area contributed by atoms with Gasteiger partial charge < -0.3 is 15.2 Å². The highest BCUT2D eigenvalue weighted by Gasteiger charge is 2.60. The first kappa shape index (κ1) is 27.2. The van der Waals surface area contributed by atoms with E-state index in [0.29, 0.717) is 11.9 Å². The van der Waals surface area contributed by atoms with Crippen LogP contribution in [-0.2, 0) is 28.5 Å². The fraction of sp³-hybridized carbons (Fsp3) is 0.696. The topological polar surface area (TPSA) is 88.5 Å². The van der Waals surface area contributed by atoms with E-state index in [1.54, 1.807) is 20.8 Å². The van der Waals surface area contributed by atoms with Crippen molar-refractivity contribution in [1.82, 2.24) is 10.3 Å². The van der Waals surface area contributed by atoms with E-state index in [0.717, 1.165) is 6.07 Å². The summed E-state index contributed by atoms with van der Waals surface area (Å²) in [6, 6.07) is 0.0241. The molecule has 1 amide bonds. The van der Waals surface area contributed by atoms with Crippen LogP contribution in [-0.4, -0.2) is 45.9 Å². The lowest BCUT2D eigenvalue weighted by molar-refractivity contribution is -0.237. The van der Waals surface area contributed by atoms with E-state index in [4.69, 9.17) is 4.74 Å². The van der Waals surface area contributed by atoms with Crippen molar-refractivity contribution in [2.75, 3.05) is 0 Å². The molecule has 0 radical (unpaired) electrons. The summed E-state index contributed by atoms with van der Waals surface area (Å²) >= 11 is 0. The lowest BCUT2D eigenvalue weighted by Gasteiger charge is -2.38. The molecule has 12 heteroatoms. The van der Waals surface area contributed by atoms with Crippen LogP contribution in [0, 0.1) is 11.3 Å². The number of alkyl halides is 6. The third kappa shape index (κ3) is 6.07. The number of rotatable bonds is 4. The normalized spacial score (nSPS) is 26.1. The van der Waals surface area contributed by atoms with E-state index in [2.05, 4.69) is 10.3 Å². The fourth-order valence-electron chi connectivity index (χ4n) is 5.00. The van der Waals surface area contributed by atoms with E-state index < -0.39 is 65.3 Å². The molecule has 2 unspecified atom stereocenters. The number of aliphatic hydroxyl groups excluding tert-OH is 1. The molecule has 1 aromatic rings. The summed E-state index contributed by atoms with van der Waals surface area (Å²) in [5, 5.41) is 12.7. The minimum absolute atomic E-state index is 0.00120. The Balaban J connectivity index is 1.85. The van der Waals surface area contributed by atoms with Crippen LogP contribution in [0.15, 0.2) is 12.3 Å². The molecule has 0 bridgehead atoms. The maximum Gasteiger partial charge on any atom is 0.417 e. The predicted molar refractivity (Wildman–Crippen MR) is 111 cm³/mol. The highest BCUT2D eigenvalue weighted by molar-refractivity contribution is 5.89. The highest BCUT2D eigenvalue weighted by atomic mass is 19.4. The van der Waals surface area contributed by atoms with Gasteiger partial charge in [-0.2, -0.15) is 26.3 Å². The van der Waals surface area contributed by atoms with Crippen LogP contribution in [0.3, 0.4) is 0 Å². The van der Waals surface area contributed by atoms with Gasteiger partial charge in [-0.05, 0) is 70.9 Å². The van der Waals surface area contributed by atoms with Crippen LogP contribution in [0.5, 0.6) is 0 Å². The van der Waals surface area contributed by atoms with Gasteiger partial charge in [0.2, 0.25) is 0 Å². The molecule has 2 N–H and O–H groups in total. The van der Waals surface area contributed by atoms with Gasteiger partial charge in [0, 0.05) is 23.9 Å². The van der Waals surface area contributed by atoms with E-state index in [1.807, 2.05) is 0 Å². The number of ketones is 1. The maximum atomic E-state index is 13.7. The standard InChI is InChI=1S/C23H28F6N2O4/c1-20(2,3)35-19(34)31-15-6-7-21(10-15,18(33)23(27,28)29)17(32)12-4-5-16-13(8-12)9-14(11-30-16)22(24,25)26/h9,11-12,15,18,33H,4-8,10H2,1-3H3,(H,31,34)/t12?,15-,18?,21-/m1/s1. The monoisotopic (exact) mass is 510 g/mol. The molecule has 0 saturated heterocycles. The molecule has 0 aromatic carbocycles. The number of pyridine rings is 1. The van der Waals surface area contributed by atoms with Gasteiger partial charge >= 0.3 is 18.4 Å². The van der Waals surface area contributed by atoms with Crippen molar-refractivity contribution in [3.05, 3.63) is 29.1 Å². The average molecular weight is 510 g/mol. The molecular formula is C23H28F6N2O4. The minimum atomic E-state index is -5.10. The van der Waals surface area contributed by atoms with Gasteiger partial charge in [0.05, 0.1) is 11.0 Å². The van der Waals surface area contributed by atoms with Crippen LogP contribution in [0.1, 0.15) is 63.3 Å². The summed E-state index contributed by atoms with van der Waals surface area (Å²) in [5.41, 5.74) is -3.56. The quantitative estimate of drug-likeness (QED) is 0.571. The first-order valence-corrected chi connectivity index (χ1v) is 11.3. The number of aryl methyl sites for hydroxylation is 1. The molecule has 196 valence electrons. The lowest BCUT2D eigenvalue weighted by Crippen LogP contribution is -2.52. The second-order valence-corrected chi connectivity index (χ2v) is 10.3. The van der Waals surface area contributed by atoms with Crippen LogP contribution in [0.4, 0.5) is 31.1 Å². The third-order valence-electron chi connectivity index (χ3n) is 6.55. The summed E-state index contributed by atoms with van der Waals surface area (Å²) < 4.78 is 85.4. The number of fused-ring (bicyclic) bond motifs is 1. The van der Waals surface area contributed by atoms with Crippen LogP contribution < -0.4 is 5.32 Å². The maximum absolute atomic E-state index is 13.7. The number of carbonyl (C=O) groups excluding carboxylic acids is 2. The van der Waals surface area contributed by atoms with Gasteiger partial charge in [0.25, 0.3) is 0 Å².